The second-order valence-electron chi connectivity index (χ2n) is 6.78. The van der Waals surface area contributed by atoms with E-state index in [-0.39, 0.29) is 0 Å². The molecular weight excluding hydrogens is 405 g/mol. The number of nitrogens with zero attached hydrogens (tertiary/aromatic N) is 1. The Hall–Kier alpha value is -3.39. The predicted molar refractivity (Wildman–Crippen MR) is 110 cm³/mol. The van der Waals surface area contributed by atoms with E-state index in [1.165, 1.54) is 12.3 Å². The summed E-state index contributed by atoms with van der Waals surface area (Å²) in [5.41, 5.74) is 2.64. The van der Waals surface area contributed by atoms with Gasteiger partial charge in [0.1, 0.15) is 24.2 Å². The molecule has 2 N–H and O–H groups in total. The molecule has 2 heterocycles. The van der Waals surface area contributed by atoms with Crippen LogP contribution in [-0.2, 0) is 11.4 Å². The Morgan fingerprint density at radius 1 is 1.13 bits per heavy atom. The molecule has 3 amide bonds. The second-order valence-corrected chi connectivity index (χ2v) is 7.87. The molecule has 0 spiro atoms. The molecule has 152 valence electrons. The van der Waals surface area contributed by atoms with Gasteiger partial charge in [0.15, 0.2) is 0 Å². The number of pyridine rings is 1. The first-order valence-electron chi connectivity index (χ1n) is 9.20. The van der Waals surface area contributed by atoms with Crippen LogP contribution in [0.1, 0.15) is 22.7 Å². The van der Waals surface area contributed by atoms with Crippen molar-refractivity contribution in [2.24, 2.45) is 0 Å². The summed E-state index contributed by atoms with van der Waals surface area (Å²) in [6, 6.07) is 12.9. The number of hydrogen-bond acceptors (Lipinski definition) is 5. The number of hydrogen-bond donors (Lipinski definition) is 2. The van der Waals surface area contributed by atoms with Crippen LogP contribution in [0.4, 0.5) is 9.18 Å². The van der Waals surface area contributed by atoms with Gasteiger partial charge in [-0.1, -0.05) is 41.6 Å². The topological polar surface area (TPSA) is 80.3 Å². The van der Waals surface area contributed by atoms with Gasteiger partial charge in [-0.15, -0.1) is 0 Å². The third-order valence-electron chi connectivity index (χ3n) is 4.51. The number of imide groups is 1. The molecule has 1 unspecified atom stereocenters. The van der Waals surface area contributed by atoms with Gasteiger partial charge < -0.3 is 10.1 Å². The Balaban J connectivity index is 1.49. The maximum atomic E-state index is 14.7. The fourth-order valence-corrected chi connectivity index (χ4v) is 4.03. The number of aryl methyl sites for hydroxylation is 1. The smallest absolute Gasteiger partial charge is 0.322 e. The van der Waals surface area contributed by atoms with Crippen molar-refractivity contribution in [3.05, 3.63) is 83.4 Å². The highest BCUT2D eigenvalue weighted by atomic mass is 32.2. The zero-order valence-corrected chi connectivity index (χ0v) is 16.8. The quantitative estimate of drug-likeness (QED) is 0.583. The maximum absolute atomic E-state index is 14.7. The van der Waals surface area contributed by atoms with E-state index in [2.05, 4.69) is 15.6 Å². The minimum atomic E-state index is -0.853. The molecule has 1 aliphatic heterocycles. The van der Waals surface area contributed by atoms with Crippen LogP contribution in [0.5, 0.6) is 5.75 Å². The number of aromatic nitrogens is 1. The molecule has 2 aromatic carbocycles. The van der Waals surface area contributed by atoms with Crippen LogP contribution in [0.15, 0.2) is 70.7 Å². The van der Waals surface area contributed by atoms with Crippen molar-refractivity contribution >= 4 is 23.7 Å². The first kappa shape index (κ1) is 19.9. The van der Waals surface area contributed by atoms with Crippen LogP contribution in [0.3, 0.4) is 0 Å². The number of urea groups is 1. The van der Waals surface area contributed by atoms with Gasteiger partial charge in [-0.3, -0.25) is 15.1 Å². The Labute approximate surface area is 176 Å². The van der Waals surface area contributed by atoms with Crippen LogP contribution in [-0.4, -0.2) is 16.9 Å². The minimum Gasteiger partial charge on any atom is -0.489 e. The molecule has 1 aromatic heterocycles. The van der Waals surface area contributed by atoms with Crippen molar-refractivity contribution < 1.29 is 18.7 Å². The van der Waals surface area contributed by atoms with Crippen LogP contribution in [0.25, 0.3) is 0 Å². The molecule has 1 atom stereocenters. The first-order chi connectivity index (χ1) is 14.5. The largest absolute Gasteiger partial charge is 0.489 e. The molecule has 6 nitrogen and oxygen atoms in total. The molecule has 1 saturated heterocycles. The van der Waals surface area contributed by atoms with Gasteiger partial charge >= 0.3 is 6.03 Å². The summed E-state index contributed by atoms with van der Waals surface area (Å²) in [5, 5.41) is 4.73. The van der Waals surface area contributed by atoms with Crippen molar-refractivity contribution in [2.45, 2.75) is 29.4 Å². The number of rotatable bonds is 6. The minimum absolute atomic E-state index is 0.346. The number of benzene rings is 2. The molecule has 4 rings (SSSR count). The lowest BCUT2D eigenvalue weighted by molar-refractivity contribution is -0.120. The standard InChI is InChI=1S/C22H18FN3O3S/c1-13-3-2-4-14(9-13)12-29-15-5-6-19(17(23)10-15)30-18-7-8-24-11-16(18)20-21(27)26-22(28)25-20/h2-11,20H,12H2,1H3,(H2,25,26,27,28). The number of carbonyl (C=O) groups is 2. The Kier molecular flexibility index (Phi) is 5.67. The highest BCUT2D eigenvalue weighted by molar-refractivity contribution is 7.99. The Bertz CT molecular complexity index is 1120. The summed E-state index contributed by atoms with van der Waals surface area (Å²) in [6.45, 7) is 2.35. The molecule has 0 aliphatic carbocycles. The second kappa shape index (κ2) is 8.54. The average molecular weight is 423 g/mol. The highest BCUT2D eigenvalue weighted by Crippen LogP contribution is 2.36. The molecule has 0 saturated carbocycles. The lowest BCUT2D eigenvalue weighted by Gasteiger charge is -2.13. The van der Waals surface area contributed by atoms with Crippen molar-refractivity contribution in [3.8, 4) is 5.75 Å². The third-order valence-corrected chi connectivity index (χ3v) is 5.65. The van der Waals surface area contributed by atoms with Gasteiger partial charge in [-0.2, -0.15) is 0 Å². The van der Waals surface area contributed by atoms with Gasteiger partial charge in [-0.05, 0) is 30.7 Å². The Morgan fingerprint density at radius 2 is 2.00 bits per heavy atom. The Morgan fingerprint density at radius 3 is 2.73 bits per heavy atom. The summed E-state index contributed by atoms with van der Waals surface area (Å²) in [5.74, 6) is -0.477. The summed E-state index contributed by atoms with van der Waals surface area (Å²) in [6.07, 6.45) is 3.05. The molecule has 8 heteroatoms. The molecule has 0 bridgehead atoms. The van der Waals surface area contributed by atoms with Crippen molar-refractivity contribution in [2.75, 3.05) is 0 Å². The number of ether oxygens (including phenoxy) is 1. The van der Waals surface area contributed by atoms with Crippen LogP contribution in [0.2, 0.25) is 0 Å². The van der Waals surface area contributed by atoms with Crippen LogP contribution in [0, 0.1) is 12.7 Å². The summed E-state index contributed by atoms with van der Waals surface area (Å²) < 4.78 is 20.4. The van der Waals surface area contributed by atoms with Crippen molar-refractivity contribution in [1.29, 1.82) is 0 Å². The average Bonchev–Trinajstić information content (AvgIpc) is 3.06. The van der Waals surface area contributed by atoms with Crippen molar-refractivity contribution in [3.63, 3.8) is 0 Å². The van der Waals surface area contributed by atoms with E-state index < -0.39 is 23.8 Å². The van der Waals surface area contributed by atoms with E-state index >= 15 is 0 Å². The zero-order valence-electron chi connectivity index (χ0n) is 16.0. The molecule has 1 fully saturated rings. The van der Waals surface area contributed by atoms with Crippen LogP contribution >= 0.6 is 11.8 Å². The third kappa shape index (κ3) is 4.44. The first-order valence-corrected chi connectivity index (χ1v) is 10.0. The number of nitrogens with one attached hydrogen (secondary N) is 2. The summed E-state index contributed by atoms with van der Waals surface area (Å²) >= 11 is 1.15. The number of amides is 3. The number of carbonyl (C=O) groups excluding carboxylic acids is 2. The van der Waals surface area contributed by atoms with Gasteiger partial charge in [0.05, 0.1) is 0 Å². The lowest BCUT2D eigenvalue weighted by Crippen LogP contribution is -2.22. The van der Waals surface area contributed by atoms with E-state index in [1.807, 2.05) is 31.2 Å². The zero-order chi connectivity index (χ0) is 21.1. The fraction of sp³-hybridized carbons (Fsp3) is 0.136. The van der Waals surface area contributed by atoms with Gasteiger partial charge in [0.2, 0.25) is 0 Å². The van der Waals surface area contributed by atoms with E-state index in [4.69, 9.17) is 4.74 Å². The normalized spacial score (nSPS) is 15.6. The maximum Gasteiger partial charge on any atom is 0.322 e. The summed E-state index contributed by atoms with van der Waals surface area (Å²) in [7, 11) is 0. The molecular formula is C22H18FN3O3S. The number of halogens is 1. The molecule has 3 aromatic rings. The highest BCUT2D eigenvalue weighted by Gasteiger charge is 2.32. The van der Waals surface area contributed by atoms with Gasteiger partial charge in [-0.25, -0.2) is 9.18 Å². The lowest BCUT2D eigenvalue weighted by atomic mass is 10.1. The van der Waals surface area contributed by atoms with E-state index in [0.717, 1.165) is 22.9 Å². The van der Waals surface area contributed by atoms with E-state index in [1.54, 1.807) is 24.4 Å². The predicted octanol–water partition coefficient (Wildman–Crippen LogP) is 4.14. The van der Waals surface area contributed by atoms with E-state index in [0.29, 0.717) is 27.7 Å². The SMILES string of the molecule is Cc1cccc(COc2ccc(Sc3ccncc3C3NC(=O)NC3=O)c(F)c2)c1. The van der Waals surface area contributed by atoms with Crippen LogP contribution < -0.4 is 15.4 Å². The monoisotopic (exact) mass is 423 g/mol. The van der Waals surface area contributed by atoms with Crippen molar-refractivity contribution in [1.82, 2.24) is 15.6 Å². The fourth-order valence-electron chi connectivity index (χ4n) is 3.08. The molecule has 30 heavy (non-hydrogen) atoms. The summed E-state index contributed by atoms with van der Waals surface area (Å²) in [4.78, 5) is 28.4. The van der Waals surface area contributed by atoms with Gasteiger partial charge in [0.25, 0.3) is 5.91 Å². The van der Waals surface area contributed by atoms with Gasteiger partial charge in [0, 0.05) is 33.8 Å². The molecule has 1 aliphatic rings. The van der Waals surface area contributed by atoms with E-state index in [9.17, 15) is 14.0 Å². The molecule has 0 radical (unpaired) electrons.